The van der Waals surface area contributed by atoms with Crippen LogP contribution in [0.5, 0.6) is 0 Å². The highest BCUT2D eigenvalue weighted by molar-refractivity contribution is 9.10. The topological polar surface area (TPSA) is 91.7 Å². The zero-order chi connectivity index (χ0) is 19.4. The molecule has 0 bridgehead atoms. The summed E-state index contributed by atoms with van der Waals surface area (Å²) < 4.78 is 2.59. The monoisotopic (exact) mass is 428 g/mol. The third kappa shape index (κ3) is 7.88. The van der Waals surface area contributed by atoms with Gasteiger partial charge >= 0.3 is 0 Å². The van der Waals surface area contributed by atoms with Gasteiger partial charge in [-0.2, -0.15) is 9.61 Å². The summed E-state index contributed by atoms with van der Waals surface area (Å²) in [5.41, 5.74) is 6.51. The zero-order valence-electron chi connectivity index (χ0n) is 16.2. The van der Waals surface area contributed by atoms with Crippen molar-refractivity contribution in [2.75, 3.05) is 45.3 Å². The Morgan fingerprint density at radius 1 is 1.19 bits per heavy atom. The molecule has 2 aromatic heterocycles. The van der Waals surface area contributed by atoms with Crippen LogP contribution in [0.25, 0.3) is 5.65 Å². The Balaban J connectivity index is 0.000000353. The number of halogens is 1. The van der Waals surface area contributed by atoms with Crippen LogP contribution < -0.4 is 11.1 Å². The van der Waals surface area contributed by atoms with Crippen LogP contribution >= 0.6 is 15.9 Å². The van der Waals surface area contributed by atoms with Gasteiger partial charge in [0.15, 0.2) is 5.65 Å². The number of hydrogen-bond acceptors (Lipinski definition) is 6. The molecule has 7 nitrogen and oxygen atoms in total. The minimum absolute atomic E-state index is 0.485. The maximum absolute atomic E-state index is 7.00. The maximum atomic E-state index is 7.00. The van der Waals surface area contributed by atoms with Gasteiger partial charge in [-0.25, -0.2) is 4.98 Å². The van der Waals surface area contributed by atoms with Crippen molar-refractivity contribution >= 4 is 33.2 Å². The fraction of sp³-hybridized carbons (Fsp3) is 0.667. The third-order valence-corrected chi connectivity index (χ3v) is 4.60. The highest BCUT2D eigenvalue weighted by atomic mass is 79.9. The fourth-order valence-corrected chi connectivity index (χ4v) is 3.10. The average Bonchev–Trinajstić information content (AvgIpc) is 3.03. The van der Waals surface area contributed by atoms with Crippen molar-refractivity contribution in [2.45, 2.75) is 44.9 Å². The van der Waals surface area contributed by atoms with Crippen LogP contribution in [-0.4, -0.2) is 58.9 Å². The lowest BCUT2D eigenvalue weighted by Crippen LogP contribution is -2.17. The Labute approximate surface area is 165 Å². The molecule has 0 amide bonds. The van der Waals surface area contributed by atoms with Crippen LogP contribution in [0.3, 0.4) is 0 Å². The molecule has 0 radical (unpaired) electrons. The van der Waals surface area contributed by atoms with Crippen LogP contribution in [-0.2, 0) is 0 Å². The number of anilines is 2. The molecule has 1 aliphatic carbocycles. The molecule has 0 saturated heterocycles. The van der Waals surface area contributed by atoms with Gasteiger partial charge in [0.05, 0.1) is 10.7 Å². The summed E-state index contributed by atoms with van der Waals surface area (Å²) >= 11 is 3.40. The maximum Gasteiger partial charge on any atom is 0.173 e. The van der Waals surface area contributed by atoms with Crippen molar-refractivity contribution in [1.29, 1.82) is 0 Å². The number of aliphatic hydroxyl groups excluding tert-OH is 1. The normalized spacial score (nSPS) is 13.6. The summed E-state index contributed by atoms with van der Waals surface area (Å²) in [4.78, 5) is 6.39. The predicted octanol–water partition coefficient (Wildman–Crippen LogP) is 3.39. The molecule has 4 N–H and O–H groups in total. The Morgan fingerprint density at radius 2 is 1.77 bits per heavy atom. The standard InChI is InChI=1S/C11H17BrN6.C6H12.CH4O/c1-17(2)5-3-4-14-10-6-9(13)16-11-8(12)7-15-18(10)11;1-2-4-6-5-3-1;1-2/h6-7,14H,3-5H2,1-2H3,(H2,13,16);1-6H2;2H,1H3. The lowest BCUT2D eigenvalue weighted by molar-refractivity contribution is 0.399. The first-order valence-electron chi connectivity index (χ1n) is 9.21. The molecule has 2 heterocycles. The van der Waals surface area contributed by atoms with Gasteiger partial charge in [0.2, 0.25) is 0 Å². The van der Waals surface area contributed by atoms with Crippen molar-refractivity contribution < 1.29 is 5.11 Å². The Kier molecular flexibility index (Phi) is 11.2. The van der Waals surface area contributed by atoms with Crippen LogP contribution in [0.1, 0.15) is 44.9 Å². The minimum atomic E-state index is 0.485. The van der Waals surface area contributed by atoms with E-state index in [1.54, 1.807) is 16.8 Å². The molecule has 1 fully saturated rings. The third-order valence-electron chi connectivity index (χ3n) is 4.04. The number of aliphatic hydroxyl groups is 1. The lowest BCUT2D eigenvalue weighted by atomic mass is 10.0. The molecule has 2 aromatic rings. The number of aromatic nitrogens is 3. The molecule has 0 unspecified atom stereocenters. The zero-order valence-corrected chi connectivity index (χ0v) is 17.8. The highest BCUT2D eigenvalue weighted by Gasteiger charge is 2.08. The minimum Gasteiger partial charge on any atom is -0.400 e. The number of nitrogens with zero attached hydrogens (tertiary/aromatic N) is 4. The van der Waals surface area contributed by atoms with E-state index in [4.69, 9.17) is 10.8 Å². The summed E-state index contributed by atoms with van der Waals surface area (Å²) in [6, 6.07) is 1.79. The summed E-state index contributed by atoms with van der Waals surface area (Å²) in [6.45, 7) is 1.91. The largest absolute Gasteiger partial charge is 0.400 e. The molecule has 0 atom stereocenters. The summed E-state index contributed by atoms with van der Waals surface area (Å²) in [7, 11) is 5.13. The van der Waals surface area contributed by atoms with E-state index in [9.17, 15) is 0 Å². The number of nitrogens with two attached hydrogens (primary N) is 1. The number of fused-ring (bicyclic) bond motifs is 1. The van der Waals surface area contributed by atoms with Gasteiger partial charge in [0.1, 0.15) is 11.6 Å². The molecular formula is C18H33BrN6O. The van der Waals surface area contributed by atoms with E-state index in [1.165, 1.54) is 38.5 Å². The Morgan fingerprint density at radius 3 is 2.31 bits per heavy atom. The number of nitrogen functional groups attached to an aromatic ring is 1. The average molecular weight is 429 g/mol. The second-order valence-corrected chi connectivity index (χ2v) is 7.35. The fourth-order valence-electron chi connectivity index (χ4n) is 2.75. The van der Waals surface area contributed by atoms with E-state index in [-0.39, 0.29) is 0 Å². The molecule has 148 valence electrons. The van der Waals surface area contributed by atoms with Gasteiger partial charge in [-0.1, -0.05) is 38.5 Å². The quantitative estimate of drug-likeness (QED) is 0.632. The SMILES string of the molecule is C1CCCCC1.CN(C)CCCNc1cc(N)nc2c(Br)cnn12.CO. The van der Waals surface area contributed by atoms with Crippen LogP contribution in [0.4, 0.5) is 11.6 Å². The summed E-state index contributed by atoms with van der Waals surface area (Å²) in [5, 5.41) is 14.6. The van der Waals surface area contributed by atoms with E-state index in [0.717, 1.165) is 42.6 Å². The first kappa shape index (κ1) is 22.7. The van der Waals surface area contributed by atoms with E-state index in [0.29, 0.717) is 5.82 Å². The second-order valence-electron chi connectivity index (χ2n) is 6.50. The molecule has 0 aromatic carbocycles. The molecular weight excluding hydrogens is 396 g/mol. The van der Waals surface area contributed by atoms with Gasteiger partial charge in [0, 0.05) is 19.7 Å². The van der Waals surface area contributed by atoms with Gasteiger partial charge in [-0.3, -0.25) is 0 Å². The van der Waals surface area contributed by atoms with E-state index in [2.05, 4.69) is 50.3 Å². The summed E-state index contributed by atoms with van der Waals surface area (Å²) in [5.74, 6) is 1.35. The van der Waals surface area contributed by atoms with Gasteiger partial charge in [-0.05, 0) is 43.0 Å². The van der Waals surface area contributed by atoms with Crippen molar-refractivity contribution in [2.24, 2.45) is 0 Å². The van der Waals surface area contributed by atoms with E-state index >= 15 is 0 Å². The molecule has 1 saturated carbocycles. The van der Waals surface area contributed by atoms with Crippen LogP contribution in [0.2, 0.25) is 0 Å². The van der Waals surface area contributed by atoms with E-state index in [1.807, 2.05) is 0 Å². The van der Waals surface area contributed by atoms with Crippen LogP contribution in [0, 0.1) is 0 Å². The Bertz CT molecular complexity index is 616. The van der Waals surface area contributed by atoms with Crippen molar-refractivity contribution in [3.63, 3.8) is 0 Å². The van der Waals surface area contributed by atoms with Crippen molar-refractivity contribution in [1.82, 2.24) is 19.5 Å². The molecule has 0 aliphatic heterocycles. The van der Waals surface area contributed by atoms with Gasteiger partial charge in [0.25, 0.3) is 0 Å². The molecule has 1 aliphatic rings. The van der Waals surface area contributed by atoms with Gasteiger partial charge in [-0.15, -0.1) is 0 Å². The van der Waals surface area contributed by atoms with Crippen molar-refractivity contribution in [3.05, 3.63) is 16.7 Å². The Hall–Kier alpha value is -1.38. The molecule has 26 heavy (non-hydrogen) atoms. The molecule has 3 rings (SSSR count). The number of rotatable bonds is 5. The van der Waals surface area contributed by atoms with Gasteiger partial charge < -0.3 is 21.1 Å². The first-order valence-corrected chi connectivity index (χ1v) is 10.0. The second kappa shape index (κ2) is 12.9. The molecule has 8 heteroatoms. The van der Waals surface area contributed by atoms with Crippen LogP contribution in [0.15, 0.2) is 16.7 Å². The number of hydrogen-bond donors (Lipinski definition) is 3. The van der Waals surface area contributed by atoms with Crippen molar-refractivity contribution in [3.8, 4) is 0 Å². The summed E-state index contributed by atoms with van der Waals surface area (Å²) in [6.07, 6.45) is 11.8. The predicted molar refractivity (Wildman–Crippen MR) is 113 cm³/mol. The molecule has 0 spiro atoms. The smallest absolute Gasteiger partial charge is 0.173 e. The highest BCUT2D eigenvalue weighted by Crippen LogP contribution is 2.21. The lowest BCUT2D eigenvalue weighted by Gasteiger charge is -2.11. The van der Waals surface area contributed by atoms with E-state index < -0.39 is 0 Å². The number of nitrogens with one attached hydrogen (secondary N) is 1. The first-order chi connectivity index (χ1) is 12.6.